The number of halogens is 2. The van der Waals surface area contributed by atoms with Gasteiger partial charge in [0, 0.05) is 56.6 Å². The summed E-state index contributed by atoms with van der Waals surface area (Å²) in [5, 5.41) is 12.0. The third-order valence-corrected chi connectivity index (χ3v) is 5.87. The quantitative estimate of drug-likeness (QED) is 0.487. The van der Waals surface area contributed by atoms with Crippen molar-refractivity contribution in [1.29, 1.82) is 0 Å². The molecule has 8 nitrogen and oxygen atoms in total. The van der Waals surface area contributed by atoms with E-state index in [0.717, 1.165) is 22.8 Å². The summed E-state index contributed by atoms with van der Waals surface area (Å²) in [5.41, 5.74) is 2.84. The summed E-state index contributed by atoms with van der Waals surface area (Å²) in [6.07, 6.45) is 4.29. The van der Waals surface area contributed by atoms with Gasteiger partial charge in [-0.3, -0.25) is 4.79 Å². The molecule has 1 aliphatic heterocycles. The van der Waals surface area contributed by atoms with Gasteiger partial charge in [0.2, 0.25) is 11.9 Å². The van der Waals surface area contributed by atoms with Crippen LogP contribution in [0.5, 0.6) is 0 Å². The monoisotopic (exact) mass is 495 g/mol. The molecule has 1 amide bonds. The fourth-order valence-electron chi connectivity index (χ4n) is 3.79. The minimum Gasteiger partial charge on any atom is -0.478 e. The van der Waals surface area contributed by atoms with Gasteiger partial charge < -0.3 is 20.2 Å². The molecular formula is C25H23ClFN5O3. The number of carboxylic acid groups (broad SMARTS) is 1. The predicted octanol–water partition coefficient (Wildman–Crippen LogP) is 4.45. The summed E-state index contributed by atoms with van der Waals surface area (Å²) in [7, 11) is 0. The Bertz CT molecular complexity index is 1290. The summed E-state index contributed by atoms with van der Waals surface area (Å²) in [5.74, 6) is -0.546. The molecule has 3 aromatic rings. The Kier molecular flexibility index (Phi) is 7.26. The van der Waals surface area contributed by atoms with E-state index in [0.29, 0.717) is 43.6 Å². The highest BCUT2D eigenvalue weighted by Gasteiger charge is 2.23. The van der Waals surface area contributed by atoms with Gasteiger partial charge in [0.25, 0.3) is 0 Å². The number of aromatic nitrogens is 2. The van der Waals surface area contributed by atoms with Crippen molar-refractivity contribution < 1.29 is 19.1 Å². The van der Waals surface area contributed by atoms with Gasteiger partial charge in [0.15, 0.2) is 0 Å². The maximum atomic E-state index is 13.5. The summed E-state index contributed by atoms with van der Waals surface area (Å²) in [6.45, 7) is 3.86. The smallest absolute Gasteiger partial charge is 0.328 e. The molecule has 0 spiro atoms. The molecule has 2 N–H and O–H groups in total. The Balaban J connectivity index is 1.70. The average Bonchev–Trinajstić information content (AvgIpc) is 2.85. The topological polar surface area (TPSA) is 98.7 Å². The fourth-order valence-corrected chi connectivity index (χ4v) is 3.97. The Morgan fingerprint density at radius 1 is 1.14 bits per heavy atom. The summed E-state index contributed by atoms with van der Waals surface area (Å²) in [6, 6.07) is 11.7. The number of nitrogens with one attached hydrogen (secondary N) is 1. The molecule has 4 rings (SSSR count). The second-order valence-corrected chi connectivity index (χ2v) is 8.38. The first-order valence-corrected chi connectivity index (χ1v) is 11.3. The molecule has 35 heavy (non-hydrogen) atoms. The molecule has 1 saturated heterocycles. The zero-order valence-corrected chi connectivity index (χ0v) is 19.7. The first kappa shape index (κ1) is 24.2. The Morgan fingerprint density at radius 2 is 1.91 bits per heavy atom. The van der Waals surface area contributed by atoms with E-state index in [1.165, 1.54) is 18.2 Å². The van der Waals surface area contributed by atoms with E-state index < -0.39 is 11.8 Å². The van der Waals surface area contributed by atoms with Crippen molar-refractivity contribution in [3.63, 3.8) is 0 Å². The molecule has 2 heterocycles. The number of amides is 1. The number of hydrogen-bond donors (Lipinski definition) is 2. The van der Waals surface area contributed by atoms with E-state index in [9.17, 15) is 14.0 Å². The molecule has 1 aliphatic rings. The van der Waals surface area contributed by atoms with E-state index in [1.807, 2.05) is 24.3 Å². The number of rotatable bonds is 6. The molecule has 0 saturated carbocycles. The van der Waals surface area contributed by atoms with Crippen LogP contribution in [0.25, 0.3) is 17.2 Å². The van der Waals surface area contributed by atoms with Gasteiger partial charge in [-0.2, -0.15) is 4.98 Å². The fraction of sp³-hybridized carbons (Fsp3) is 0.200. The van der Waals surface area contributed by atoms with Crippen molar-refractivity contribution in [3.8, 4) is 11.1 Å². The van der Waals surface area contributed by atoms with E-state index in [2.05, 4.69) is 15.2 Å². The average molecular weight is 496 g/mol. The van der Waals surface area contributed by atoms with Gasteiger partial charge in [-0.05, 0) is 41.5 Å². The zero-order valence-electron chi connectivity index (χ0n) is 18.9. The number of anilines is 3. The molecule has 0 bridgehead atoms. The molecule has 180 valence electrons. The van der Waals surface area contributed by atoms with E-state index in [4.69, 9.17) is 21.7 Å². The predicted molar refractivity (Wildman–Crippen MR) is 133 cm³/mol. The zero-order chi connectivity index (χ0) is 24.9. The van der Waals surface area contributed by atoms with Crippen molar-refractivity contribution in [3.05, 3.63) is 71.1 Å². The molecule has 2 aromatic carbocycles. The van der Waals surface area contributed by atoms with Crippen LogP contribution < -0.4 is 10.2 Å². The summed E-state index contributed by atoms with van der Waals surface area (Å²) < 4.78 is 13.5. The van der Waals surface area contributed by atoms with Crippen LogP contribution in [0.3, 0.4) is 0 Å². The lowest BCUT2D eigenvalue weighted by atomic mass is 10.0. The second kappa shape index (κ2) is 10.5. The number of piperazine rings is 1. The second-order valence-electron chi connectivity index (χ2n) is 7.97. The molecule has 0 unspecified atom stereocenters. The van der Waals surface area contributed by atoms with Gasteiger partial charge in [0.05, 0.1) is 5.02 Å². The first-order valence-electron chi connectivity index (χ1n) is 10.9. The number of carboxylic acids is 1. The third-order valence-electron chi connectivity index (χ3n) is 5.58. The van der Waals surface area contributed by atoms with E-state index in [1.54, 1.807) is 24.1 Å². The van der Waals surface area contributed by atoms with Gasteiger partial charge in [-0.15, -0.1) is 0 Å². The first-order chi connectivity index (χ1) is 16.8. The number of aliphatic carboxylic acids is 1. The Labute approximate surface area is 206 Å². The standard InChI is InChI=1S/C25H23ClFN5O3/c1-16(33)31-9-11-32(12-10-31)24-20(18-4-2-3-17(13-18)5-8-23(34)35)15-28-25(30-24)29-19-6-7-22(27)21(26)14-19/h2-8,13-15H,9-12H2,1H3,(H,34,35)(H,28,29,30)/b8-5+. The molecular weight excluding hydrogens is 473 g/mol. The molecule has 0 aliphatic carbocycles. The van der Waals surface area contributed by atoms with Crippen LogP contribution in [0.2, 0.25) is 5.02 Å². The van der Waals surface area contributed by atoms with E-state index in [-0.39, 0.29) is 10.9 Å². The molecule has 0 radical (unpaired) electrons. The minimum atomic E-state index is -1.03. The largest absolute Gasteiger partial charge is 0.478 e. The highest BCUT2D eigenvalue weighted by Crippen LogP contribution is 2.32. The lowest BCUT2D eigenvalue weighted by Crippen LogP contribution is -2.48. The van der Waals surface area contributed by atoms with Gasteiger partial charge in [0.1, 0.15) is 11.6 Å². The third kappa shape index (κ3) is 5.93. The number of carbonyl (C=O) groups excluding carboxylic acids is 1. The van der Waals surface area contributed by atoms with Gasteiger partial charge >= 0.3 is 5.97 Å². The molecule has 0 atom stereocenters. The van der Waals surface area contributed by atoms with Crippen LogP contribution in [-0.2, 0) is 9.59 Å². The van der Waals surface area contributed by atoms with Crippen LogP contribution in [0.1, 0.15) is 12.5 Å². The van der Waals surface area contributed by atoms with Gasteiger partial charge in [-0.25, -0.2) is 14.2 Å². The van der Waals surface area contributed by atoms with Gasteiger partial charge in [-0.1, -0.05) is 29.8 Å². The number of benzene rings is 2. The normalized spacial score (nSPS) is 13.8. The van der Waals surface area contributed by atoms with Crippen molar-refractivity contribution in [2.75, 3.05) is 36.4 Å². The highest BCUT2D eigenvalue weighted by molar-refractivity contribution is 6.31. The highest BCUT2D eigenvalue weighted by atomic mass is 35.5. The van der Waals surface area contributed by atoms with Crippen molar-refractivity contribution in [2.45, 2.75) is 6.92 Å². The van der Waals surface area contributed by atoms with Crippen molar-refractivity contribution in [2.24, 2.45) is 0 Å². The number of hydrogen-bond acceptors (Lipinski definition) is 6. The number of nitrogens with zero attached hydrogens (tertiary/aromatic N) is 4. The molecule has 10 heteroatoms. The lowest BCUT2D eigenvalue weighted by molar-refractivity contribution is -0.131. The van der Waals surface area contributed by atoms with E-state index >= 15 is 0 Å². The van der Waals surface area contributed by atoms with Crippen LogP contribution in [0.15, 0.2) is 54.7 Å². The SMILES string of the molecule is CC(=O)N1CCN(c2nc(Nc3ccc(F)c(Cl)c3)ncc2-c2cccc(/C=C/C(=O)O)c2)CC1. The lowest BCUT2D eigenvalue weighted by Gasteiger charge is -2.35. The van der Waals surface area contributed by atoms with Crippen LogP contribution >= 0.6 is 11.6 Å². The molecule has 1 aromatic heterocycles. The molecule has 1 fully saturated rings. The summed E-state index contributed by atoms with van der Waals surface area (Å²) in [4.78, 5) is 35.7. The summed E-state index contributed by atoms with van der Waals surface area (Å²) >= 11 is 5.90. The van der Waals surface area contributed by atoms with Crippen LogP contribution in [-0.4, -0.2) is 58.0 Å². The maximum absolute atomic E-state index is 13.5. The Morgan fingerprint density at radius 3 is 2.60 bits per heavy atom. The number of carbonyl (C=O) groups is 2. The van der Waals surface area contributed by atoms with Crippen molar-refractivity contribution >= 4 is 47.0 Å². The Hall–Kier alpha value is -3.98. The maximum Gasteiger partial charge on any atom is 0.328 e. The van der Waals surface area contributed by atoms with Crippen LogP contribution in [0.4, 0.5) is 21.8 Å². The van der Waals surface area contributed by atoms with Crippen molar-refractivity contribution in [1.82, 2.24) is 14.9 Å². The minimum absolute atomic E-state index is 0.0153. The van der Waals surface area contributed by atoms with Crippen LogP contribution in [0, 0.1) is 5.82 Å².